The van der Waals surface area contributed by atoms with Gasteiger partial charge in [0.05, 0.1) is 12.5 Å². The van der Waals surface area contributed by atoms with E-state index in [0.29, 0.717) is 5.56 Å². The third-order valence-electron chi connectivity index (χ3n) is 4.88. The van der Waals surface area contributed by atoms with Gasteiger partial charge in [0, 0.05) is 23.1 Å². The number of hydrogen-bond acceptors (Lipinski definition) is 3. The van der Waals surface area contributed by atoms with E-state index in [1.54, 1.807) is 12.3 Å². The van der Waals surface area contributed by atoms with E-state index in [1.165, 1.54) is 0 Å². The van der Waals surface area contributed by atoms with Gasteiger partial charge in [0.15, 0.2) is 0 Å². The Bertz CT molecular complexity index is 1000. The quantitative estimate of drug-likeness (QED) is 0.694. The molecule has 2 amide bonds. The number of carbonyl (C=O) groups is 2. The van der Waals surface area contributed by atoms with Crippen molar-refractivity contribution in [1.82, 2.24) is 10.3 Å². The molecule has 1 aliphatic rings. The average molecular weight is 371 g/mol. The van der Waals surface area contributed by atoms with Crippen molar-refractivity contribution in [3.63, 3.8) is 0 Å². The molecule has 28 heavy (non-hydrogen) atoms. The van der Waals surface area contributed by atoms with Crippen LogP contribution in [0.1, 0.15) is 39.6 Å². The Morgan fingerprint density at radius 1 is 1.00 bits per heavy atom. The third kappa shape index (κ3) is 4.09. The van der Waals surface area contributed by atoms with Crippen LogP contribution in [0.5, 0.6) is 0 Å². The van der Waals surface area contributed by atoms with Crippen molar-refractivity contribution in [2.75, 3.05) is 5.32 Å². The summed E-state index contributed by atoms with van der Waals surface area (Å²) >= 11 is 0. The molecule has 0 aliphatic carbocycles. The number of aryl methyl sites for hydroxylation is 2. The van der Waals surface area contributed by atoms with Gasteiger partial charge in [-0.2, -0.15) is 0 Å². The van der Waals surface area contributed by atoms with Gasteiger partial charge in [0.25, 0.3) is 5.91 Å². The Kier molecular flexibility index (Phi) is 5.15. The number of benzene rings is 2. The zero-order valence-corrected chi connectivity index (χ0v) is 15.4. The Hall–Kier alpha value is -3.47. The van der Waals surface area contributed by atoms with Crippen LogP contribution in [0.3, 0.4) is 0 Å². The molecule has 0 spiro atoms. The highest BCUT2D eigenvalue weighted by molar-refractivity contribution is 6.00. The molecule has 0 saturated heterocycles. The molecule has 0 bridgehead atoms. The topological polar surface area (TPSA) is 71.1 Å². The molecule has 1 aromatic heterocycles. The summed E-state index contributed by atoms with van der Waals surface area (Å²) in [4.78, 5) is 28.8. The number of carbonyl (C=O) groups excluding carboxylic acids is 2. The molecular formula is C23H21N3O2. The first-order chi connectivity index (χ1) is 13.7. The highest BCUT2D eigenvalue weighted by Gasteiger charge is 2.29. The van der Waals surface area contributed by atoms with E-state index in [-0.39, 0.29) is 24.3 Å². The van der Waals surface area contributed by atoms with Crippen LogP contribution in [0.2, 0.25) is 0 Å². The van der Waals surface area contributed by atoms with Gasteiger partial charge in [-0.1, -0.05) is 36.4 Å². The number of anilines is 1. The first-order valence-electron chi connectivity index (χ1n) is 9.37. The van der Waals surface area contributed by atoms with E-state index in [4.69, 9.17) is 0 Å². The van der Waals surface area contributed by atoms with E-state index in [0.717, 1.165) is 35.3 Å². The fourth-order valence-corrected chi connectivity index (χ4v) is 3.50. The molecule has 1 unspecified atom stereocenters. The molecule has 2 heterocycles. The molecule has 1 atom stereocenters. The highest BCUT2D eigenvalue weighted by atomic mass is 16.2. The van der Waals surface area contributed by atoms with Crippen LogP contribution in [-0.4, -0.2) is 16.8 Å². The van der Waals surface area contributed by atoms with Crippen LogP contribution in [-0.2, 0) is 17.6 Å². The summed E-state index contributed by atoms with van der Waals surface area (Å²) in [6, 6.07) is 20.9. The van der Waals surface area contributed by atoms with Crippen LogP contribution in [0.4, 0.5) is 5.69 Å². The Balaban J connectivity index is 1.37. The molecule has 5 heteroatoms. The smallest absolute Gasteiger partial charge is 0.252 e. The van der Waals surface area contributed by atoms with E-state index < -0.39 is 0 Å². The molecular weight excluding hydrogens is 350 g/mol. The van der Waals surface area contributed by atoms with E-state index in [1.807, 2.05) is 60.7 Å². The fourth-order valence-electron chi connectivity index (χ4n) is 3.50. The normalized spacial score (nSPS) is 15.0. The van der Waals surface area contributed by atoms with Crippen molar-refractivity contribution >= 4 is 17.5 Å². The van der Waals surface area contributed by atoms with Gasteiger partial charge in [-0.05, 0) is 54.3 Å². The van der Waals surface area contributed by atoms with E-state index in [9.17, 15) is 9.59 Å². The van der Waals surface area contributed by atoms with Gasteiger partial charge in [-0.15, -0.1) is 0 Å². The van der Waals surface area contributed by atoms with Gasteiger partial charge in [0.1, 0.15) is 0 Å². The van der Waals surface area contributed by atoms with E-state index in [2.05, 4.69) is 15.6 Å². The lowest BCUT2D eigenvalue weighted by molar-refractivity contribution is -0.116. The van der Waals surface area contributed by atoms with Crippen LogP contribution >= 0.6 is 0 Å². The van der Waals surface area contributed by atoms with Gasteiger partial charge in [-0.25, -0.2) is 0 Å². The summed E-state index contributed by atoms with van der Waals surface area (Å²) < 4.78 is 0. The lowest BCUT2D eigenvalue weighted by atomic mass is 10.0. The second kappa shape index (κ2) is 8.05. The molecule has 1 aliphatic heterocycles. The predicted octanol–water partition coefficient (Wildman–Crippen LogP) is 3.68. The lowest BCUT2D eigenvalue weighted by Gasteiger charge is -2.12. The summed E-state index contributed by atoms with van der Waals surface area (Å²) in [5.74, 6) is -0.242. The minimum atomic E-state index is -0.281. The van der Waals surface area contributed by atoms with Crippen molar-refractivity contribution in [2.45, 2.75) is 25.3 Å². The number of amides is 2. The standard InChI is InChI=1S/C23H21N3O2/c27-22(15-21-19-9-1-2-10-20(19)23(28)26-21)25-18-8-5-6-16(14-18)11-12-17-7-3-4-13-24-17/h1-10,13-14,21H,11-12,15H2,(H,25,27)(H,26,28). The predicted molar refractivity (Wildman–Crippen MR) is 108 cm³/mol. The Morgan fingerprint density at radius 3 is 2.71 bits per heavy atom. The maximum absolute atomic E-state index is 12.5. The number of rotatable bonds is 6. The zero-order chi connectivity index (χ0) is 19.3. The van der Waals surface area contributed by atoms with Gasteiger partial charge in [0.2, 0.25) is 5.91 Å². The number of nitrogens with one attached hydrogen (secondary N) is 2. The van der Waals surface area contributed by atoms with Crippen LogP contribution in [0.15, 0.2) is 72.9 Å². The van der Waals surface area contributed by atoms with Crippen molar-refractivity contribution < 1.29 is 9.59 Å². The summed E-state index contributed by atoms with van der Waals surface area (Å²) in [6.45, 7) is 0. The van der Waals surface area contributed by atoms with Crippen molar-refractivity contribution in [2.24, 2.45) is 0 Å². The van der Waals surface area contributed by atoms with Crippen molar-refractivity contribution in [1.29, 1.82) is 0 Å². The molecule has 0 saturated carbocycles. The molecule has 0 radical (unpaired) electrons. The second-order valence-electron chi connectivity index (χ2n) is 6.89. The summed E-state index contributed by atoms with van der Waals surface area (Å²) in [7, 11) is 0. The van der Waals surface area contributed by atoms with Crippen molar-refractivity contribution in [3.05, 3.63) is 95.3 Å². The molecule has 2 N–H and O–H groups in total. The number of fused-ring (bicyclic) bond motifs is 1. The number of nitrogens with zero attached hydrogens (tertiary/aromatic N) is 1. The monoisotopic (exact) mass is 371 g/mol. The van der Waals surface area contributed by atoms with Gasteiger partial charge in [-0.3, -0.25) is 14.6 Å². The number of pyridine rings is 1. The largest absolute Gasteiger partial charge is 0.345 e. The Labute approximate surface area is 163 Å². The molecule has 3 aromatic rings. The molecule has 0 fully saturated rings. The molecule has 5 nitrogen and oxygen atoms in total. The summed E-state index contributed by atoms with van der Waals surface area (Å²) in [6.07, 6.45) is 3.71. The Morgan fingerprint density at radius 2 is 1.86 bits per heavy atom. The molecule has 4 rings (SSSR count). The minimum Gasteiger partial charge on any atom is -0.345 e. The average Bonchev–Trinajstić information content (AvgIpc) is 3.03. The first kappa shape index (κ1) is 17.9. The van der Waals surface area contributed by atoms with Crippen LogP contribution in [0, 0.1) is 0 Å². The van der Waals surface area contributed by atoms with Crippen LogP contribution in [0.25, 0.3) is 0 Å². The van der Waals surface area contributed by atoms with Crippen LogP contribution < -0.4 is 10.6 Å². The maximum Gasteiger partial charge on any atom is 0.252 e. The number of aromatic nitrogens is 1. The lowest BCUT2D eigenvalue weighted by Crippen LogP contribution is -2.24. The zero-order valence-electron chi connectivity index (χ0n) is 15.4. The summed E-state index contributed by atoms with van der Waals surface area (Å²) in [5.41, 5.74) is 4.49. The van der Waals surface area contributed by atoms with Crippen molar-refractivity contribution in [3.8, 4) is 0 Å². The van der Waals surface area contributed by atoms with E-state index >= 15 is 0 Å². The van der Waals surface area contributed by atoms with Gasteiger partial charge < -0.3 is 10.6 Å². The third-order valence-corrected chi connectivity index (χ3v) is 4.88. The number of hydrogen-bond donors (Lipinski definition) is 2. The minimum absolute atomic E-state index is 0.120. The maximum atomic E-state index is 12.5. The molecule has 2 aromatic carbocycles. The summed E-state index contributed by atoms with van der Waals surface area (Å²) in [5, 5.41) is 5.83. The first-order valence-corrected chi connectivity index (χ1v) is 9.37. The fraction of sp³-hybridized carbons (Fsp3) is 0.174. The highest BCUT2D eigenvalue weighted by Crippen LogP contribution is 2.27. The van der Waals surface area contributed by atoms with Gasteiger partial charge >= 0.3 is 0 Å². The second-order valence-corrected chi connectivity index (χ2v) is 6.89. The molecule has 140 valence electrons. The SMILES string of the molecule is O=C(CC1NC(=O)c2ccccc21)Nc1cccc(CCc2ccccn2)c1.